The number of carbonyl (C=O) groups excluding carboxylic acids is 1. The van der Waals surface area contributed by atoms with Crippen molar-refractivity contribution in [2.75, 3.05) is 39.2 Å². The molecule has 31 heavy (non-hydrogen) atoms. The topological polar surface area (TPSA) is 60.0 Å². The first kappa shape index (κ1) is 22.9. The summed E-state index contributed by atoms with van der Waals surface area (Å²) in [7, 11) is 3.19. The minimum absolute atomic E-state index is 0.0236. The number of anilines is 1. The van der Waals surface area contributed by atoms with Crippen LogP contribution in [-0.2, 0) is 4.79 Å². The molecule has 1 aliphatic rings. The van der Waals surface area contributed by atoms with E-state index in [1.54, 1.807) is 20.3 Å². The Morgan fingerprint density at radius 1 is 1.06 bits per heavy atom. The van der Waals surface area contributed by atoms with Crippen LogP contribution < -0.4 is 19.5 Å². The van der Waals surface area contributed by atoms with Crippen LogP contribution in [0.25, 0.3) is 0 Å². The fourth-order valence-corrected chi connectivity index (χ4v) is 3.97. The fraction of sp³-hybridized carbons (Fsp3) is 0.480. The molecule has 0 radical (unpaired) electrons. The van der Waals surface area contributed by atoms with E-state index < -0.39 is 0 Å². The molecule has 0 unspecified atom stereocenters. The first-order valence-electron chi connectivity index (χ1n) is 11.0. The maximum absolute atomic E-state index is 12.4. The number of hydrogen-bond donors (Lipinski definition) is 1. The first-order chi connectivity index (χ1) is 15.1. The molecular weight excluding hydrogens is 392 g/mol. The summed E-state index contributed by atoms with van der Waals surface area (Å²) in [6.07, 6.45) is 3.67. The number of carbonyl (C=O) groups is 1. The zero-order valence-corrected chi connectivity index (χ0v) is 18.8. The lowest BCUT2D eigenvalue weighted by Gasteiger charge is -2.35. The summed E-state index contributed by atoms with van der Waals surface area (Å²) in [5, 5.41) is 2.97. The molecule has 1 aliphatic heterocycles. The first-order valence-corrected chi connectivity index (χ1v) is 11.0. The Bertz CT molecular complexity index is 820. The number of benzene rings is 2. The maximum Gasteiger partial charge on any atom is 0.224 e. The van der Waals surface area contributed by atoms with Gasteiger partial charge >= 0.3 is 0 Å². The zero-order valence-electron chi connectivity index (χ0n) is 18.8. The Kier molecular flexibility index (Phi) is 8.59. The number of nitrogens with zero attached hydrogens (tertiary/aromatic N) is 1. The van der Waals surface area contributed by atoms with Gasteiger partial charge in [-0.25, -0.2) is 0 Å². The van der Waals surface area contributed by atoms with E-state index in [-0.39, 0.29) is 5.91 Å². The molecule has 1 amide bonds. The van der Waals surface area contributed by atoms with E-state index in [4.69, 9.17) is 14.2 Å². The SMILES string of the molecule is COc1ccc(NC(=O)CCC2CCN([C@H](C)COc3ccccc3)CC2)c(OC)c1. The Balaban J connectivity index is 1.37. The molecule has 0 aliphatic carbocycles. The van der Waals surface area contributed by atoms with Gasteiger partial charge in [0, 0.05) is 18.5 Å². The number of hydrogen-bond acceptors (Lipinski definition) is 5. The molecule has 0 aromatic heterocycles. The average Bonchev–Trinajstić information content (AvgIpc) is 2.82. The number of nitrogens with one attached hydrogen (secondary N) is 1. The largest absolute Gasteiger partial charge is 0.497 e. The van der Waals surface area contributed by atoms with Gasteiger partial charge in [0.05, 0.1) is 19.9 Å². The molecule has 1 saturated heterocycles. The standard InChI is InChI=1S/C25H34N2O4/c1-19(18-31-21-7-5-4-6-8-21)27-15-13-20(14-16-27)9-12-25(28)26-23-11-10-22(29-2)17-24(23)30-3/h4-8,10-11,17,19-20H,9,12-16,18H2,1-3H3,(H,26,28)/t19-/m1/s1. The summed E-state index contributed by atoms with van der Waals surface area (Å²) in [6.45, 7) is 5.02. The molecule has 1 atom stereocenters. The van der Waals surface area contributed by atoms with Crippen LogP contribution in [0.3, 0.4) is 0 Å². The number of likely N-dealkylation sites (tertiary alicyclic amines) is 1. The van der Waals surface area contributed by atoms with Gasteiger partial charge in [0.25, 0.3) is 0 Å². The van der Waals surface area contributed by atoms with Gasteiger partial charge in [-0.3, -0.25) is 9.69 Å². The summed E-state index contributed by atoms with van der Waals surface area (Å²) in [4.78, 5) is 14.9. The molecule has 1 fully saturated rings. The molecule has 2 aromatic carbocycles. The van der Waals surface area contributed by atoms with E-state index in [2.05, 4.69) is 17.1 Å². The summed E-state index contributed by atoms with van der Waals surface area (Å²) in [5.41, 5.74) is 0.676. The summed E-state index contributed by atoms with van der Waals surface area (Å²) >= 11 is 0. The smallest absolute Gasteiger partial charge is 0.224 e. The fourth-order valence-electron chi connectivity index (χ4n) is 3.97. The zero-order chi connectivity index (χ0) is 22.1. The van der Waals surface area contributed by atoms with Crippen molar-refractivity contribution in [2.24, 2.45) is 5.92 Å². The van der Waals surface area contributed by atoms with Crippen LogP contribution >= 0.6 is 0 Å². The van der Waals surface area contributed by atoms with Crippen LogP contribution in [0.1, 0.15) is 32.6 Å². The van der Waals surface area contributed by atoms with Crippen molar-refractivity contribution >= 4 is 11.6 Å². The molecule has 6 heteroatoms. The predicted octanol–water partition coefficient (Wildman–Crippen LogP) is 4.60. The number of piperidine rings is 1. The second kappa shape index (κ2) is 11.6. The molecule has 0 spiro atoms. The molecule has 0 saturated carbocycles. The van der Waals surface area contributed by atoms with Crippen molar-refractivity contribution in [3.05, 3.63) is 48.5 Å². The van der Waals surface area contributed by atoms with Crippen molar-refractivity contribution in [3.63, 3.8) is 0 Å². The molecule has 0 bridgehead atoms. The molecule has 168 valence electrons. The number of methoxy groups -OCH3 is 2. The molecule has 6 nitrogen and oxygen atoms in total. The van der Waals surface area contributed by atoms with Crippen LogP contribution in [-0.4, -0.2) is 50.8 Å². The maximum atomic E-state index is 12.4. The van der Waals surface area contributed by atoms with Crippen molar-refractivity contribution in [1.29, 1.82) is 0 Å². The second-order valence-corrected chi connectivity index (χ2v) is 8.11. The quantitative estimate of drug-likeness (QED) is 0.602. The predicted molar refractivity (Wildman–Crippen MR) is 123 cm³/mol. The van der Waals surface area contributed by atoms with Crippen molar-refractivity contribution in [2.45, 2.75) is 38.6 Å². The number of amides is 1. The lowest BCUT2D eigenvalue weighted by Crippen LogP contribution is -2.42. The highest BCUT2D eigenvalue weighted by molar-refractivity contribution is 5.92. The molecule has 1 N–H and O–H groups in total. The van der Waals surface area contributed by atoms with E-state index in [0.29, 0.717) is 42.2 Å². The molecule has 2 aromatic rings. The average molecular weight is 427 g/mol. The van der Waals surface area contributed by atoms with E-state index in [1.165, 1.54) is 0 Å². The van der Waals surface area contributed by atoms with Gasteiger partial charge in [0.1, 0.15) is 23.9 Å². The third-order valence-electron chi connectivity index (χ3n) is 5.97. The highest BCUT2D eigenvalue weighted by Crippen LogP contribution is 2.30. The highest BCUT2D eigenvalue weighted by Gasteiger charge is 2.23. The van der Waals surface area contributed by atoms with Crippen LogP contribution in [0.4, 0.5) is 5.69 Å². The summed E-state index contributed by atoms with van der Waals surface area (Å²) < 4.78 is 16.5. The molecule has 3 rings (SSSR count). The second-order valence-electron chi connectivity index (χ2n) is 8.11. The lowest BCUT2D eigenvalue weighted by atomic mass is 9.91. The van der Waals surface area contributed by atoms with Gasteiger partial charge in [0.15, 0.2) is 0 Å². The summed E-state index contributed by atoms with van der Waals surface area (Å²) in [6, 6.07) is 15.7. The highest BCUT2D eigenvalue weighted by atomic mass is 16.5. The normalized spacial score (nSPS) is 15.8. The third-order valence-corrected chi connectivity index (χ3v) is 5.97. The lowest BCUT2D eigenvalue weighted by molar-refractivity contribution is -0.116. The van der Waals surface area contributed by atoms with Gasteiger partial charge in [-0.2, -0.15) is 0 Å². The Morgan fingerprint density at radius 3 is 2.48 bits per heavy atom. The van der Waals surface area contributed by atoms with Gasteiger partial charge in [-0.1, -0.05) is 18.2 Å². The van der Waals surface area contributed by atoms with Crippen molar-refractivity contribution < 1.29 is 19.0 Å². The van der Waals surface area contributed by atoms with Crippen LogP contribution in [0.15, 0.2) is 48.5 Å². The minimum Gasteiger partial charge on any atom is -0.497 e. The monoisotopic (exact) mass is 426 g/mol. The van der Waals surface area contributed by atoms with E-state index in [0.717, 1.165) is 38.1 Å². The third kappa shape index (κ3) is 6.89. The minimum atomic E-state index is 0.0236. The Hall–Kier alpha value is -2.73. The van der Waals surface area contributed by atoms with Crippen molar-refractivity contribution in [1.82, 2.24) is 4.90 Å². The molecule has 1 heterocycles. The van der Waals surface area contributed by atoms with E-state index >= 15 is 0 Å². The Morgan fingerprint density at radius 2 is 1.81 bits per heavy atom. The van der Waals surface area contributed by atoms with Gasteiger partial charge < -0.3 is 19.5 Å². The Labute approximate surface area is 185 Å². The van der Waals surface area contributed by atoms with E-state index in [9.17, 15) is 4.79 Å². The van der Waals surface area contributed by atoms with Crippen LogP contribution in [0.5, 0.6) is 17.2 Å². The van der Waals surface area contributed by atoms with Crippen LogP contribution in [0.2, 0.25) is 0 Å². The number of ether oxygens (including phenoxy) is 3. The van der Waals surface area contributed by atoms with Gasteiger partial charge in [-0.15, -0.1) is 0 Å². The van der Waals surface area contributed by atoms with Gasteiger partial charge in [-0.05, 0) is 69.5 Å². The summed E-state index contributed by atoms with van der Waals surface area (Å²) in [5.74, 6) is 2.83. The van der Waals surface area contributed by atoms with Gasteiger partial charge in [0.2, 0.25) is 5.91 Å². The number of rotatable bonds is 10. The molecular formula is C25H34N2O4. The van der Waals surface area contributed by atoms with Crippen molar-refractivity contribution in [3.8, 4) is 17.2 Å². The van der Waals surface area contributed by atoms with E-state index in [1.807, 2.05) is 42.5 Å². The number of para-hydroxylation sites is 1. The van der Waals surface area contributed by atoms with Crippen LogP contribution in [0, 0.1) is 5.92 Å².